The van der Waals surface area contributed by atoms with E-state index in [1.165, 1.54) is 12.4 Å². The fraction of sp³-hybridized carbons (Fsp3) is 0.143. The highest BCUT2D eigenvalue weighted by atomic mass is 32.2. The van der Waals surface area contributed by atoms with E-state index in [4.69, 9.17) is 0 Å². The number of carbonyl (C=O) groups excluding carboxylic acids is 1. The van der Waals surface area contributed by atoms with Crippen molar-refractivity contribution in [3.8, 4) is 0 Å². The molecule has 0 aliphatic carbocycles. The molecule has 2 rings (SSSR count). The summed E-state index contributed by atoms with van der Waals surface area (Å²) >= 11 is 0. The van der Waals surface area contributed by atoms with Crippen LogP contribution in [0.3, 0.4) is 0 Å². The molecule has 0 aliphatic heterocycles. The number of rotatable bonds is 5. The number of hydrogen-bond acceptors (Lipinski definition) is 4. The summed E-state index contributed by atoms with van der Waals surface area (Å²) in [6.45, 7) is 0.222. The second kappa shape index (κ2) is 6.36. The van der Waals surface area contributed by atoms with Crippen molar-refractivity contribution in [2.24, 2.45) is 0 Å². The molecule has 1 aromatic heterocycles. The standard InChI is InChI=1S/C14H15N3O3S/c1-21(19,20)17-13-5-3-2-4-12(13)10-16-14(18)11-6-8-15-9-7-11/h2-9,17H,10H2,1H3,(H,16,18). The second-order valence-corrected chi connectivity index (χ2v) is 6.20. The number of sulfonamides is 1. The van der Waals surface area contributed by atoms with E-state index in [1.807, 2.05) is 0 Å². The summed E-state index contributed by atoms with van der Waals surface area (Å²) in [5, 5.41) is 2.74. The van der Waals surface area contributed by atoms with E-state index < -0.39 is 10.0 Å². The van der Waals surface area contributed by atoms with E-state index >= 15 is 0 Å². The third-order valence-corrected chi connectivity index (χ3v) is 3.29. The van der Waals surface area contributed by atoms with Crippen molar-refractivity contribution in [2.45, 2.75) is 6.54 Å². The molecule has 6 nitrogen and oxygen atoms in total. The zero-order valence-electron chi connectivity index (χ0n) is 11.4. The number of para-hydroxylation sites is 1. The summed E-state index contributed by atoms with van der Waals surface area (Å²) in [5.41, 5.74) is 1.64. The van der Waals surface area contributed by atoms with Gasteiger partial charge in [-0.15, -0.1) is 0 Å². The van der Waals surface area contributed by atoms with Gasteiger partial charge in [0.2, 0.25) is 10.0 Å². The lowest BCUT2D eigenvalue weighted by Crippen LogP contribution is -2.23. The van der Waals surface area contributed by atoms with Crippen LogP contribution in [0, 0.1) is 0 Å². The molecule has 110 valence electrons. The minimum Gasteiger partial charge on any atom is -0.348 e. The number of hydrogen-bond donors (Lipinski definition) is 2. The smallest absolute Gasteiger partial charge is 0.251 e. The van der Waals surface area contributed by atoms with Crippen LogP contribution >= 0.6 is 0 Å². The van der Waals surface area contributed by atoms with Gasteiger partial charge in [0.25, 0.3) is 5.91 Å². The lowest BCUT2D eigenvalue weighted by atomic mass is 10.1. The molecule has 0 atom stereocenters. The number of nitrogens with one attached hydrogen (secondary N) is 2. The average Bonchev–Trinajstić information content (AvgIpc) is 2.45. The van der Waals surface area contributed by atoms with Gasteiger partial charge < -0.3 is 5.32 Å². The molecule has 0 unspecified atom stereocenters. The Hall–Kier alpha value is -2.41. The van der Waals surface area contributed by atoms with Gasteiger partial charge in [-0.2, -0.15) is 0 Å². The summed E-state index contributed by atoms with van der Waals surface area (Å²) in [7, 11) is -3.36. The lowest BCUT2D eigenvalue weighted by Gasteiger charge is -2.11. The van der Waals surface area contributed by atoms with Crippen molar-refractivity contribution in [1.29, 1.82) is 0 Å². The van der Waals surface area contributed by atoms with E-state index in [-0.39, 0.29) is 12.5 Å². The van der Waals surface area contributed by atoms with Gasteiger partial charge in [-0.1, -0.05) is 18.2 Å². The van der Waals surface area contributed by atoms with Crippen LogP contribution in [-0.4, -0.2) is 25.6 Å². The molecule has 7 heteroatoms. The molecule has 0 bridgehead atoms. The Morgan fingerprint density at radius 3 is 2.48 bits per heavy atom. The zero-order chi connectivity index (χ0) is 15.3. The lowest BCUT2D eigenvalue weighted by molar-refractivity contribution is 0.0951. The number of anilines is 1. The van der Waals surface area contributed by atoms with E-state index in [9.17, 15) is 13.2 Å². The number of amides is 1. The van der Waals surface area contributed by atoms with Crippen LogP contribution in [0.5, 0.6) is 0 Å². The Morgan fingerprint density at radius 2 is 1.81 bits per heavy atom. The maximum absolute atomic E-state index is 11.9. The fourth-order valence-electron chi connectivity index (χ4n) is 1.75. The first-order valence-corrected chi connectivity index (χ1v) is 8.09. The summed E-state index contributed by atoms with van der Waals surface area (Å²) in [6.07, 6.45) is 4.15. The molecule has 2 aromatic rings. The first-order valence-electron chi connectivity index (χ1n) is 6.19. The Bertz CT molecular complexity index is 730. The van der Waals surface area contributed by atoms with E-state index in [0.29, 0.717) is 16.8 Å². The third kappa shape index (κ3) is 4.57. The van der Waals surface area contributed by atoms with Crippen LogP contribution in [0.15, 0.2) is 48.8 Å². The molecule has 1 heterocycles. The van der Waals surface area contributed by atoms with Gasteiger partial charge >= 0.3 is 0 Å². The summed E-state index contributed by atoms with van der Waals surface area (Å²) in [5.74, 6) is -0.244. The van der Waals surface area contributed by atoms with Crippen LogP contribution in [0.25, 0.3) is 0 Å². The van der Waals surface area contributed by atoms with Crippen molar-refractivity contribution in [1.82, 2.24) is 10.3 Å². The molecular weight excluding hydrogens is 290 g/mol. The SMILES string of the molecule is CS(=O)(=O)Nc1ccccc1CNC(=O)c1ccncc1. The Balaban J connectivity index is 2.09. The molecule has 0 radical (unpaired) electrons. The van der Waals surface area contributed by atoms with Gasteiger partial charge in [0.1, 0.15) is 0 Å². The first-order chi connectivity index (χ1) is 9.96. The van der Waals surface area contributed by atoms with Crippen LogP contribution < -0.4 is 10.0 Å². The van der Waals surface area contributed by atoms with E-state index in [1.54, 1.807) is 36.4 Å². The molecule has 21 heavy (non-hydrogen) atoms. The predicted octanol–water partition coefficient (Wildman–Crippen LogP) is 1.38. The molecule has 0 saturated carbocycles. The minimum atomic E-state index is -3.36. The van der Waals surface area contributed by atoms with Crippen molar-refractivity contribution in [3.63, 3.8) is 0 Å². The Labute approximate surface area is 123 Å². The number of carbonyl (C=O) groups is 1. The summed E-state index contributed by atoms with van der Waals surface area (Å²) < 4.78 is 25.0. The molecule has 0 spiro atoms. The molecule has 2 N–H and O–H groups in total. The maximum Gasteiger partial charge on any atom is 0.251 e. The molecule has 0 aliphatic rings. The zero-order valence-corrected chi connectivity index (χ0v) is 12.2. The molecule has 1 aromatic carbocycles. The summed E-state index contributed by atoms with van der Waals surface area (Å²) in [6, 6.07) is 10.1. The monoisotopic (exact) mass is 305 g/mol. The average molecular weight is 305 g/mol. The minimum absolute atomic E-state index is 0.222. The van der Waals surface area contributed by atoms with Gasteiger partial charge in [0.05, 0.1) is 11.9 Å². The van der Waals surface area contributed by atoms with E-state index in [2.05, 4.69) is 15.0 Å². The van der Waals surface area contributed by atoms with Crippen LogP contribution in [-0.2, 0) is 16.6 Å². The van der Waals surface area contributed by atoms with Crippen molar-refractivity contribution in [3.05, 3.63) is 59.9 Å². The predicted molar refractivity (Wildman–Crippen MR) is 80.3 cm³/mol. The van der Waals surface area contributed by atoms with Gasteiger partial charge in [-0.25, -0.2) is 8.42 Å². The van der Waals surface area contributed by atoms with Gasteiger partial charge in [-0.3, -0.25) is 14.5 Å². The molecule has 0 fully saturated rings. The highest BCUT2D eigenvalue weighted by Crippen LogP contribution is 2.16. The van der Waals surface area contributed by atoms with Gasteiger partial charge in [-0.05, 0) is 23.8 Å². The Kier molecular flexibility index (Phi) is 4.54. The Morgan fingerprint density at radius 1 is 1.14 bits per heavy atom. The number of nitrogens with zero attached hydrogens (tertiary/aromatic N) is 1. The fourth-order valence-corrected chi connectivity index (χ4v) is 2.35. The molecule has 1 amide bonds. The number of benzene rings is 1. The highest BCUT2D eigenvalue weighted by Gasteiger charge is 2.09. The molecule has 0 saturated heterocycles. The van der Waals surface area contributed by atoms with Crippen molar-refractivity contribution < 1.29 is 13.2 Å². The largest absolute Gasteiger partial charge is 0.348 e. The van der Waals surface area contributed by atoms with Crippen LogP contribution in [0.1, 0.15) is 15.9 Å². The first kappa shape index (κ1) is 15.0. The van der Waals surface area contributed by atoms with Crippen molar-refractivity contribution >= 4 is 21.6 Å². The summed E-state index contributed by atoms with van der Waals surface area (Å²) in [4.78, 5) is 15.8. The third-order valence-electron chi connectivity index (χ3n) is 2.69. The van der Waals surface area contributed by atoms with Crippen molar-refractivity contribution in [2.75, 3.05) is 11.0 Å². The number of pyridine rings is 1. The molecular formula is C14H15N3O3S. The van der Waals surface area contributed by atoms with Gasteiger partial charge in [0, 0.05) is 24.5 Å². The van der Waals surface area contributed by atoms with E-state index in [0.717, 1.165) is 6.26 Å². The quantitative estimate of drug-likeness (QED) is 0.873. The highest BCUT2D eigenvalue weighted by molar-refractivity contribution is 7.92. The maximum atomic E-state index is 11.9. The van der Waals surface area contributed by atoms with Crippen LogP contribution in [0.2, 0.25) is 0 Å². The van der Waals surface area contributed by atoms with Gasteiger partial charge in [0.15, 0.2) is 0 Å². The normalized spacial score (nSPS) is 10.9. The van der Waals surface area contributed by atoms with Crippen LogP contribution in [0.4, 0.5) is 5.69 Å². The second-order valence-electron chi connectivity index (χ2n) is 4.45. The number of aromatic nitrogens is 1. The topological polar surface area (TPSA) is 88.2 Å².